The molecule has 4 aliphatic carbocycles. The third-order valence-corrected chi connectivity index (χ3v) is 9.10. The van der Waals surface area contributed by atoms with Crippen LogP contribution in [0, 0.1) is 23.2 Å². The summed E-state index contributed by atoms with van der Waals surface area (Å²) in [6.45, 7) is 0.942. The van der Waals surface area contributed by atoms with Crippen LogP contribution in [0.2, 0.25) is 0 Å². The summed E-state index contributed by atoms with van der Waals surface area (Å²) in [6.07, 6.45) is 12.9. The van der Waals surface area contributed by atoms with Gasteiger partial charge >= 0.3 is 0 Å². The molecule has 4 fully saturated rings. The molecule has 6 nitrogen and oxygen atoms in total. The van der Waals surface area contributed by atoms with Crippen molar-refractivity contribution in [1.82, 2.24) is 15.0 Å². The zero-order valence-corrected chi connectivity index (χ0v) is 20.4. The number of carbonyl (C=O) groups is 1. The molecule has 178 valence electrons. The number of thiophene rings is 1. The van der Waals surface area contributed by atoms with E-state index in [9.17, 15) is 4.79 Å². The summed E-state index contributed by atoms with van der Waals surface area (Å²) in [6, 6.07) is 7.83. The quantitative estimate of drug-likeness (QED) is 0.405. The van der Waals surface area contributed by atoms with E-state index in [1.807, 2.05) is 34.5 Å². The molecule has 1 aromatic carbocycles. The van der Waals surface area contributed by atoms with Gasteiger partial charge in [0.15, 0.2) is 0 Å². The number of nitrogens with zero attached hydrogens (tertiary/aromatic N) is 3. The Morgan fingerprint density at radius 1 is 1.12 bits per heavy atom. The topological polar surface area (TPSA) is 85.8 Å². The molecule has 1 amide bonds. The second-order valence-electron chi connectivity index (χ2n) is 11.0. The Bertz CT molecular complexity index is 1130. The predicted octanol–water partition coefficient (Wildman–Crippen LogP) is 5.77. The van der Waals surface area contributed by atoms with Crippen molar-refractivity contribution in [3.63, 3.8) is 0 Å². The molecule has 34 heavy (non-hydrogen) atoms. The molecule has 2 aromatic heterocycles. The van der Waals surface area contributed by atoms with Gasteiger partial charge in [-0.1, -0.05) is 11.3 Å². The number of benzene rings is 1. The maximum absolute atomic E-state index is 12.6. The monoisotopic (exact) mass is 475 g/mol. The average Bonchev–Trinajstić information content (AvgIpc) is 3.50. The highest BCUT2D eigenvalue weighted by Crippen LogP contribution is 2.61. The van der Waals surface area contributed by atoms with Gasteiger partial charge in [-0.15, -0.1) is 5.10 Å². The van der Waals surface area contributed by atoms with Gasteiger partial charge in [-0.25, -0.2) is 0 Å². The van der Waals surface area contributed by atoms with Crippen LogP contribution in [0.15, 0.2) is 41.2 Å². The summed E-state index contributed by atoms with van der Waals surface area (Å²) < 4.78 is 1.99. The van der Waals surface area contributed by atoms with Crippen LogP contribution in [0.25, 0.3) is 11.1 Å². The van der Waals surface area contributed by atoms with Crippen molar-refractivity contribution < 1.29 is 4.79 Å². The van der Waals surface area contributed by atoms with E-state index >= 15 is 0 Å². The average molecular weight is 476 g/mol. The van der Waals surface area contributed by atoms with Gasteiger partial charge in [0.05, 0.1) is 17.1 Å². The van der Waals surface area contributed by atoms with Crippen molar-refractivity contribution >= 4 is 28.6 Å². The van der Waals surface area contributed by atoms with Crippen molar-refractivity contribution in [3.8, 4) is 11.1 Å². The van der Waals surface area contributed by atoms with Crippen molar-refractivity contribution in [1.29, 1.82) is 0 Å². The van der Waals surface area contributed by atoms with E-state index in [0.717, 1.165) is 41.1 Å². The predicted molar refractivity (Wildman–Crippen MR) is 136 cm³/mol. The Morgan fingerprint density at radius 2 is 1.88 bits per heavy atom. The number of aromatic nitrogens is 3. The maximum atomic E-state index is 12.6. The fourth-order valence-corrected chi connectivity index (χ4v) is 7.90. The van der Waals surface area contributed by atoms with Gasteiger partial charge in [-0.2, -0.15) is 11.3 Å². The molecule has 0 aliphatic heterocycles. The van der Waals surface area contributed by atoms with Crippen LogP contribution >= 0.6 is 11.3 Å². The molecule has 4 aliphatic rings. The third-order valence-electron chi connectivity index (χ3n) is 8.41. The number of nitrogen functional groups attached to an aromatic ring is 1. The van der Waals surface area contributed by atoms with Gasteiger partial charge in [0.1, 0.15) is 0 Å². The number of hydrogen-bond donors (Lipinski definition) is 2. The van der Waals surface area contributed by atoms with Gasteiger partial charge in [-0.05, 0) is 108 Å². The molecule has 3 N–H and O–H groups in total. The van der Waals surface area contributed by atoms with Crippen LogP contribution in [-0.2, 0) is 17.8 Å². The molecule has 0 atom stereocenters. The number of nitrogens with two attached hydrogens (primary N) is 1. The van der Waals surface area contributed by atoms with Gasteiger partial charge < -0.3 is 11.1 Å². The van der Waals surface area contributed by atoms with E-state index in [0.29, 0.717) is 29.6 Å². The molecule has 7 heteroatoms. The molecule has 4 saturated carbocycles. The largest absolute Gasteiger partial charge is 0.397 e. The Morgan fingerprint density at radius 3 is 2.59 bits per heavy atom. The van der Waals surface area contributed by atoms with Crippen molar-refractivity contribution in [2.45, 2.75) is 64.3 Å². The molecule has 0 unspecified atom stereocenters. The first-order valence-electron chi connectivity index (χ1n) is 12.6. The lowest BCUT2D eigenvalue weighted by Crippen LogP contribution is -2.46. The zero-order chi connectivity index (χ0) is 23.1. The van der Waals surface area contributed by atoms with E-state index in [4.69, 9.17) is 5.73 Å². The number of hydrogen-bond acceptors (Lipinski definition) is 5. The van der Waals surface area contributed by atoms with Crippen molar-refractivity contribution in [3.05, 3.63) is 46.9 Å². The molecule has 7 rings (SSSR count). The lowest BCUT2D eigenvalue weighted by Gasteiger charge is -2.57. The standard InChI is InChI=1S/C27H33N5OS/c28-24-3-1-21(22-5-8-34-17-22)12-25(24)29-26(33)4-2-23-16-32(31-30-23)7-6-27-13-18-9-19(14-27)11-20(10-18)15-27/h1,3,5,8,12,16-20H,2,4,6-7,9-11,13-15,28H2,(H,29,33). The highest BCUT2D eigenvalue weighted by atomic mass is 32.1. The summed E-state index contributed by atoms with van der Waals surface area (Å²) in [5.74, 6) is 2.89. The minimum Gasteiger partial charge on any atom is -0.397 e. The Kier molecular flexibility index (Phi) is 5.68. The highest BCUT2D eigenvalue weighted by Gasteiger charge is 2.50. The van der Waals surface area contributed by atoms with Crippen LogP contribution in [0.5, 0.6) is 0 Å². The molecule has 2 heterocycles. The molecule has 0 radical (unpaired) electrons. The first-order chi connectivity index (χ1) is 16.5. The second-order valence-corrected chi connectivity index (χ2v) is 11.8. The number of carbonyl (C=O) groups excluding carboxylic acids is 1. The minimum absolute atomic E-state index is 0.0581. The summed E-state index contributed by atoms with van der Waals surface area (Å²) in [7, 11) is 0. The summed E-state index contributed by atoms with van der Waals surface area (Å²) in [4.78, 5) is 12.6. The van der Waals surface area contributed by atoms with E-state index < -0.39 is 0 Å². The van der Waals surface area contributed by atoms with Crippen LogP contribution in [0.3, 0.4) is 0 Å². The van der Waals surface area contributed by atoms with Gasteiger partial charge in [0.2, 0.25) is 5.91 Å². The number of amides is 1. The normalized spacial score (nSPS) is 27.2. The van der Waals surface area contributed by atoms with Crippen LogP contribution in [0.4, 0.5) is 11.4 Å². The minimum atomic E-state index is -0.0581. The first-order valence-corrected chi connectivity index (χ1v) is 13.6. The molecular weight excluding hydrogens is 442 g/mol. The van der Waals surface area contributed by atoms with E-state index in [2.05, 4.69) is 27.1 Å². The third kappa shape index (κ3) is 4.50. The zero-order valence-electron chi connectivity index (χ0n) is 19.6. The Hall–Kier alpha value is -2.67. The number of nitrogens with one attached hydrogen (secondary N) is 1. The van der Waals surface area contributed by atoms with Gasteiger partial charge in [-0.3, -0.25) is 9.48 Å². The molecular formula is C27H33N5OS. The number of anilines is 2. The first kappa shape index (κ1) is 21.8. The summed E-state index contributed by atoms with van der Waals surface area (Å²) >= 11 is 1.65. The lowest BCUT2D eigenvalue weighted by atomic mass is 9.49. The molecule has 4 bridgehead atoms. The van der Waals surface area contributed by atoms with E-state index in [-0.39, 0.29) is 5.91 Å². The second kappa shape index (κ2) is 8.84. The maximum Gasteiger partial charge on any atom is 0.224 e. The van der Waals surface area contributed by atoms with E-state index in [1.165, 1.54) is 44.9 Å². The summed E-state index contributed by atoms with van der Waals surface area (Å²) in [5.41, 5.74) is 10.9. The van der Waals surface area contributed by atoms with Gasteiger partial charge in [0.25, 0.3) is 0 Å². The van der Waals surface area contributed by atoms with Crippen molar-refractivity contribution in [2.75, 3.05) is 11.1 Å². The smallest absolute Gasteiger partial charge is 0.224 e. The summed E-state index contributed by atoms with van der Waals surface area (Å²) in [5, 5.41) is 15.8. The van der Waals surface area contributed by atoms with E-state index in [1.54, 1.807) is 11.3 Å². The van der Waals surface area contributed by atoms with Crippen molar-refractivity contribution in [2.24, 2.45) is 23.2 Å². The van der Waals surface area contributed by atoms with Crippen LogP contribution < -0.4 is 11.1 Å². The molecule has 0 saturated heterocycles. The fourth-order valence-electron chi connectivity index (χ4n) is 7.24. The Balaban J connectivity index is 1.02. The molecule has 0 spiro atoms. The fraction of sp³-hybridized carbons (Fsp3) is 0.519. The number of aryl methyl sites for hydroxylation is 2. The SMILES string of the molecule is Nc1ccc(-c2ccsc2)cc1NC(=O)CCc1cn(CCC23CC4CC(CC(C4)C2)C3)nn1. The number of rotatable bonds is 8. The van der Waals surface area contributed by atoms with Gasteiger partial charge in [0, 0.05) is 25.6 Å². The lowest BCUT2D eigenvalue weighted by molar-refractivity contribution is -0.116. The Labute approximate surface area is 204 Å². The van der Waals surface area contributed by atoms with Crippen LogP contribution in [-0.4, -0.2) is 20.9 Å². The highest BCUT2D eigenvalue weighted by molar-refractivity contribution is 7.08. The molecule has 3 aromatic rings. The van der Waals surface area contributed by atoms with Crippen LogP contribution in [0.1, 0.15) is 57.1 Å².